The number of ether oxygens (including phenoxy) is 1. The van der Waals surface area contributed by atoms with E-state index in [1.165, 1.54) is 44.2 Å². The number of aromatic nitrogens is 2. The van der Waals surface area contributed by atoms with Gasteiger partial charge >= 0.3 is 6.18 Å². The molecule has 0 unspecified atom stereocenters. The van der Waals surface area contributed by atoms with Crippen LogP contribution in [0.2, 0.25) is 0 Å². The number of sulfone groups is 1. The first-order chi connectivity index (χ1) is 15.7. The highest BCUT2D eigenvalue weighted by atomic mass is 32.2. The average Bonchev–Trinajstić information content (AvgIpc) is 2.73. The Bertz CT molecular complexity index is 1390. The van der Waals surface area contributed by atoms with E-state index in [2.05, 4.69) is 15.5 Å². The molecule has 7 nitrogen and oxygen atoms in total. The van der Waals surface area contributed by atoms with Crippen molar-refractivity contribution in [1.82, 2.24) is 10.2 Å². The number of carbonyl (C=O) groups excluding carboxylic acids is 1. The summed E-state index contributed by atoms with van der Waals surface area (Å²) in [6.45, 7) is 3.95. The number of hydrogen-bond donors (Lipinski definition) is 1. The molecule has 0 spiro atoms. The fourth-order valence-electron chi connectivity index (χ4n) is 3.12. The molecule has 1 aromatic heterocycles. The van der Waals surface area contributed by atoms with Gasteiger partial charge < -0.3 is 10.1 Å². The minimum atomic E-state index is -4.91. The summed E-state index contributed by atoms with van der Waals surface area (Å²) in [6.07, 6.45) is -3.94. The van der Waals surface area contributed by atoms with Crippen LogP contribution in [0.3, 0.4) is 0 Å². The van der Waals surface area contributed by atoms with Crippen LogP contribution in [0.25, 0.3) is 0 Å². The third kappa shape index (κ3) is 5.16. The minimum Gasteiger partial charge on any atom is -0.437 e. The lowest BCUT2D eigenvalue weighted by atomic mass is 10.1. The highest BCUT2D eigenvalue weighted by Gasteiger charge is 2.38. The summed E-state index contributed by atoms with van der Waals surface area (Å²) >= 11 is 0. The second-order valence-electron chi connectivity index (χ2n) is 7.53. The molecule has 0 atom stereocenters. The summed E-state index contributed by atoms with van der Waals surface area (Å²) < 4.78 is 83.7. The van der Waals surface area contributed by atoms with Crippen LogP contribution in [-0.2, 0) is 16.0 Å². The Hall–Kier alpha value is -3.54. The van der Waals surface area contributed by atoms with Gasteiger partial charge in [-0.15, -0.1) is 10.2 Å². The second kappa shape index (κ2) is 9.01. The Labute approximate surface area is 192 Å². The summed E-state index contributed by atoms with van der Waals surface area (Å²) in [4.78, 5) is 12.9. The number of alkyl halides is 3. The third-order valence-corrected chi connectivity index (χ3v) is 6.05. The molecule has 0 aliphatic carbocycles. The van der Waals surface area contributed by atoms with Gasteiger partial charge in [0, 0.05) is 17.5 Å². The van der Waals surface area contributed by atoms with Gasteiger partial charge in [-0.25, -0.2) is 12.8 Å². The van der Waals surface area contributed by atoms with Gasteiger partial charge in [-0.3, -0.25) is 4.79 Å². The highest BCUT2D eigenvalue weighted by Crippen LogP contribution is 2.36. The molecule has 3 aromatic rings. The summed E-state index contributed by atoms with van der Waals surface area (Å²) in [5.41, 5.74) is -2.16. The third-order valence-electron chi connectivity index (χ3n) is 4.94. The van der Waals surface area contributed by atoms with E-state index in [4.69, 9.17) is 4.74 Å². The van der Waals surface area contributed by atoms with Crippen molar-refractivity contribution >= 4 is 21.4 Å². The van der Waals surface area contributed by atoms with Crippen molar-refractivity contribution in [2.24, 2.45) is 0 Å². The van der Waals surface area contributed by atoms with E-state index in [9.17, 15) is 30.8 Å². The van der Waals surface area contributed by atoms with E-state index < -0.39 is 50.4 Å². The molecule has 0 aliphatic heterocycles. The van der Waals surface area contributed by atoms with Gasteiger partial charge in [-0.1, -0.05) is 12.1 Å². The molecule has 0 bridgehead atoms. The highest BCUT2D eigenvalue weighted by molar-refractivity contribution is 7.90. The van der Waals surface area contributed by atoms with Crippen LogP contribution in [0.5, 0.6) is 11.6 Å². The van der Waals surface area contributed by atoms with Crippen molar-refractivity contribution in [3.05, 3.63) is 70.2 Å². The molecule has 0 saturated heterocycles. The number of amides is 1. The van der Waals surface area contributed by atoms with Gasteiger partial charge in [0.05, 0.1) is 4.90 Å². The molecule has 0 radical (unpaired) electrons. The van der Waals surface area contributed by atoms with Crippen LogP contribution in [0.15, 0.2) is 41.3 Å². The maximum atomic E-state index is 14.3. The van der Waals surface area contributed by atoms with Crippen LogP contribution < -0.4 is 10.1 Å². The lowest BCUT2D eigenvalue weighted by molar-refractivity contribution is -0.142. The maximum Gasteiger partial charge on any atom is 0.435 e. The predicted octanol–water partition coefficient (Wildman–Crippen LogP) is 5.01. The Balaban J connectivity index is 2.10. The average molecular weight is 497 g/mol. The van der Waals surface area contributed by atoms with Crippen LogP contribution in [0.1, 0.15) is 32.7 Å². The van der Waals surface area contributed by atoms with E-state index >= 15 is 0 Å². The Morgan fingerprint density at radius 1 is 1.03 bits per heavy atom. The molecule has 0 saturated carbocycles. The lowest BCUT2D eigenvalue weighted by Crippen LogP contribution is -2.21. The van der Waals surface area contributed by atoms with Crippen molar-refractivity contribution in [1.29, 1.82) is 0 Å². The molecular weight excluding hydrogens is 478 g/mol. The molecule has 0 fully saturated rings. The van der Waals surface area contributed by atoms with Crippen molar-refractivity contribution in [2.45, 2.75) is 31.8 Å². The zero-order chi connectivity index (χ0) is 25.4. The second-order valence-corrected chi connectivity index (χ2v) is 9.54. The monoisotopic (exact) mass is 497 g/mol. The number of hydrogen-bond acceptors (Lipinski definition) is 6. The normalized spacial score (nSPS) is 11.9. The largest absolute Gasteiger partial charge is 0.437 e. The van der Waals surface area contributed by atoms with Gasteiger partial charge in [-0.05, 0) is 56.2 Å². The number of aryl methyl sites for hydroxylation is 1. The number of nitrogens with zero attached hydrogens (tertiary/aromatic N) is 2. The van der Waals surface area contributed by atoms with Gasteiger partial charge in [0.15, 0.2) is 15.5 Å². The fourth-order valence-corrected chi connectivity index (χ4v) is 3.79. The first-order valence-electron chi connectivity index (χ1n) is 9.69. The molecule has 1 N–H and O–H groups in total. The smallest absolute Gasteiger partial charge is 0.435 e. The number of nitrogens with one attached hydrogen (secondary N) is 1. The molecule has 180 valence electrons. The van der Waals surface area contributed by atoms with Crippen LogP contribution in [0.4, 0.5) is 23.2 Å². The number of anilines is 1. The molecule has 1 heterocycles. The van der Waals surface area contributed by atoms with Crippen LogP contribution in [0, 0.1) is 26.6 Å². The quantitative estimate of drug-likeness (QED) is 0.498. The van der Waals surface area contributed by atoms with E-state index in [1.54, 1.807) is 0 Å². The number of halogens is 4. The predicted molar refractivity (Wildman–Crippen MR) is 115 cm³/mol. The van der Waals surface area contributed by atoms with Crippen molar-refractivity contribution < 1.29 is 35.5 Å². The molecule has 34 heavy (non-hydrogen) atoms. The molecule has 2 aromatic carbocycles. The lowest BCUT2D eigenvalue weighted by Gasteiger charge is -2.17. The first kappa shape index (κ1) is 25.1. The SMILES string of the molecule is Cc1ccc(Oc2nnc(C(F)(F)F)c(C)c2C(=O)Nc2cccc(S(C)(=O)=O)c2)c(C)c1F. The minimum absolute atomic E-state index is 0.0150. The van der Waals surface area contributed by atoms with Gasteiger partial charge in [0.25, 0.3) is 11.8 Å². The zero-order valence-corrected chi connectivity index (χ0v) is 19.2. The van der Waals surface area contributed by atoms with Crippen LogP contribution in [-0.4, -0.2) is 30.8 Å². The zero-order valence-electron chi connectivity index (χ0n) is 18.4. The number of carbonyl (C=O) groups is 1. The maximum absolute atomic E-state index is 14.3. The molecule has 3 rings (SSSR count). The van der Waals surface area contributed by atoms with Crippen molar-refractivity contribution in [3.63, 3.8) is 0 Å². The Kier molecular flexibility index (Phi) is 6.65. The van der Waals surface area contributed by atoms with E-state index in [1.807, 2.05) is 0 Å². The Morgan fingerprint density at radius 3 is 2.32 bits per heavy atom. The van der Waals surface area contributed by atoms with Crippen molar-refractivity contribution in [3.8, 4) is 11.6 Å². The Morgan fingerprint density at radius 2 is 1.71 bits per heavy atom. The molecule has 12 heteroatoms. The summed E-state index contributed by atoms with van der Waals surface area (Å²) in [5, 5.41) is 8.96. The van der Waals surface area contributed by atoms with Gasteiger partial charge in [0.1, 0.15) is 17.1 Å². The topological polar surface area (TPSA) is 98.2 Å². The molecular formula is C22H19F4N3O4S. The number of benzene rings is 2. The van der Waals surface area contributed by atoms with Gasteiger partial charge in [-0.2, -0.15) is 13.2 Å². The van der Waals surface area contributed by atoms with E-state index in [-0.39, 0.29) is 21.9 Å². The molecule has 0 aliphatic rings. The molecule has 1 amide bonds. The number of rotatable bonds is 5. The fraction of sp³-hybridized carbons (Fsp3) is 0.227. The summed E-state index contributed by atoms with van der Waals surface area (Å²) in [5.74, 6) is -2.28. The van der Waals surface area contributed by atoms with Crippen LogP contribution >= 0.6 is 0 Å². The van der Waals surface area contributed by atoms with Crippen molar-refractivity contribution in [2.75, 3.05) is 11.6 Å². The van der Waals surface area contributed by atoms with E-state index in [0.29, 0.717) is 5.56 Å². The van der Waals surface area contributed by atoms with E-state index in [0.717, 1.165) is 19.2 Å². The summed E-state index contributed by atoms with van der Waals surface area (Å²) in [7, 11) is -3.60. The van der Waals surface area contributed by atoms with Gasteiger partial charge in [0.2, 0.25) is 0 Å². The first-order valence-corrected chi connectivity index (χ1v) is 11.6. The standard InChI is InChI=1S/C22H19F4N3O4S/c1-11-8-9-16(12(2)18(11)23)33-21-17(13(3)19(28-29-21)22(24,25)26)20(30)27-14-6-5-7-15(10-14)34(4,31)32/h5-10H,1-4H3,(H,27,30). The summed E-state index contributed by atoms with van der Waals surface area (Å²) in [6, 6.07) is 7.97.